The van der Waals surface area contributed by atoms with E-state index >= 15 is 0 Å². The molecule has 0 aromatic heterocycles. The first-order chi connectivity index (χ1) is 22.1. The van der Waals surface area contributed by atoms with Crippen LogP contribution >= 0.6 is 11.6 Å². The fraction of sp³-hybridized carbons (Fsp3) is 0.278. The van der Waals surface area contributed by atoms with Crippen molar-refractivity contribution in [1.82, 2.24) is 10.2 Å². The van der Waals surface area contributed by atoms with Crippen LogP contribution in [-0.4, -0.2) is 43.8 Å². The second-order valence-corrected chi connectivity index (χ2v) is 13.9. The highest BCUT2D eigenvalue weighted by Crippen LogP contribution is 2.27. The quantitative estimate of drug-likeness (QED) is 0.184. The van der Waals surface area contributed by atoms with Crippen LogP contribution in [0.1, 0.15) is 42.4 Å². The van der Waals surface area contributed by atoms with Crippen LogP contribution in [0, 0.1) is 12.7 Å². The molecule has 1 atom stereocenters. The minimum Gasteiger partial charge on any atom is -0.352 e. The summed E-state index contributed by atoms with van der Waals surface area (Å²) in [4.78, 5) is 30.0. The monoisotopic (exact) mass is 661 g/mol. The average Bonchev–Trinajstić information content (AvgIpc) is 3.56. The van der Waals surface area contributed by atoms with Crippen LogP contribution in [-0.2, 0) is 32.6 Å². The van der Waals surface area contributed by atoms with Gasteiger partial charge in [-0.1, -0.05) is 79.0 Å². The van der Waals surface area contributed by atoms with Crippen molar-refractivity contribution < 1.29 is 22.4 Å². The van der Waals surface area contributed by atoms with Crippen LogP contribution in [0.15, 0.2) is 108 Å². The van der Waals surface area contributed by atoms with E-state index < -0.39 is 34.3 Å². The van der Waals surface area contributed by atoms with Crippen molar-refractivity contribution >= 4 is 39.1 Å². The zero-order valence-electron chi connectivity index (χ0n) is 25.6. The van der Waals surface area contributed by atoms with Gasteiger partial charge in [0.15, 0.2) is 0 Å². The summed E-state index contributed by atoms with van der Waals surface area (Å²) in [5, 5.41) is 3.52. The fourth-order valence-electron chi connectivity index (χ4n) is 5.75. The molecule has 4 aromatic carbocycles. The number of sulfonamides is 1. The van der Waals surface area contributed by atoms with E-state index in [9.17, 15) is 22.4 Å². The minimum atomic E-state index is -4.24. The van der Waals surface area contributed by atoms with Crippen molar-refractivity contribution in [3.05, 3.63) is 131 Å². The smallest absolute Gasteiger partial charge is 0.264 e. The fourth-order valence-corrected chi connectivity index (χ4v) is 7.29. The summed E-state index contributed by atoms with van der Waals surface area (Å²) in [6.07, 6.45) is 3.95. The summed E-state index contributed by atoms with van der Waals surface area (Å²) in [7, 11) is -4.24. The number of carbonyl (C=O) groups is 2. The average molecular weight is 662 g/mol. The highest BCUT2D eigenvalue weighted by atomic mass is 35.5. The summed E-state index contributed by atoms with van der Waals surface area (Å²) >= 11 is 6.05. The number of benzene rings is 4. The van der Waals surface area contributed by atoms with Gasteiger partial charge in [-0.15, -0.1) is 0 Å². The lowest BCUT2D eigenvalue weighted by atomic mass is 10.0. The van der Waals surface area contributed by atoms with Crippen LogP contribution in [0.2, 0.25) is 5.02 Å². The molecule has 4 aromatic rings. The number of carbonyl (C=O) groups excluding carboxylic acids is 2. The Labute approximate surface area is 275 Å². The maximum atomic E-state index is 14.5. The van der Waals surface area contributed by atoms with E-state index in [1.165, 1.54) is 41.3 Å². The zero-order chi connectivity index (χ0) is 32.7. The van der Waals surface area contributed by atoms with Crippen LogP contribution in [0.5, 0.6) is 0 Å². The van der Waals surface area contributed by atoms with Gasteiger partial charge < -0.3 is 10.2 Å². The Hall–Kier alpha value is -4.21. The topological polar surface area (TPSA) is 86.8 Å². The number of nitrogens with one attached hydrogen (secondary N) is 1. The largest absolute Gasteiger partial charge is 0.352 e. The lowest BCUT2D eigenvalue weighted by Crippen LogP contribution is -2.54. The number of halogens is 2. The van der Waals surface area contributed by atoms with Crippen molar-refractivity contribution in [2.45, 2.75) is 62.6 Å². The molecule has 0 bridgehead atoms. The second kappa shape index (κ2) is 14.9. The van der Waals surface area contributed by atoms with Gasteiger partial charge in [0, 0.05) is 24.0 Å². The lowest BCUT2D eigenvalue weighted by Gasteiger charge is -2.34. The molecule has 46 heavy (non-hydrogen) atoms. The standard InChI is InChI=1S/C36H37ClFN3O4S/c1-26-8-7-13-32(22-26)41(46(44,45)33-20-16-29(37)17-21-33)25-35(42)40(24-28-14-18-30(38)19-15-28)34(23-27-9-3-2-4-10-27)36(43)39-31-11-5-6-12-31/h2-4,7-10,13-22,31,34H,5-6,11-12,23-25H2,1H3,(H,39,43). The number of hydrogen-bond donors (Lipinski definition) is 1. The van der Waals surface area contributed by atoms with Gasteiger partial charge in [-0.05, 0) is 85.0 Å². The Morgan fingerprint density at radius 3 is 2.22 bits per heavy atom. The van der Waals surface area contributed by atoms with E-state index in [0.717, 1.165) is 41.1 Å². The third-order valence-electron chi connectivity index (χ3n) is 8.21. The van der Waals surface area contributed by atoms with Gasteiger partial charge in [0.25, 0.3) is 10.0 Å². The molecule has 1 saturated carbocycles. The zero-order valence-corrected chi connectivity index (χ0v) is 27.2. The minimum absolute atomic E-state index is 0.00243. The molecule has 1 unspecified atom stereocenters. The number of aryl methyl sites for hydroxylation is 1. The van der Waals surface area contributed by atoms with Gasteiger partial charge in [-0.25, -0.2) is 12.8 Å². The second-order valence-electron chi connectivity index (χ2n) is 11.6. The molecule has 0 spiro atoms. The maximum absolute atomic E-state index is 14.5. The summed E-state index contributed by atoms with van der Waals surface area (Å²) in [5.74, 6) is -1.32. The molecule has 5 rings (SSSR count). The molecule has 1 aliphatic carbocycles. The predicted molar refractivity (Wildman–Crippen MR) is 178 cm³/mol. The van der Waals surface area contributed by atoms with Crippen LogP contribution in [0.3, 0.4) is 0 Å². The number of nitrogens with zero attached hydrogens (tertiary/aromatic N) is 2. The summed E-state index contributed by atoms with van der Waals surface area (Å²) in [6.45, 7) is 1.23. The number of amides is 2. The van der Waals surface area contributed by atoms with E-state index in [0.29, 0.717) is 16.3 Å². The molecular formula is C36H37ClFN3O4S. The summed E-state index contributed by atoms with van der Waals surface area (Å²) < 4.78 is 43.2. The van der Waals surface area contributed by atoms with Crippen LogP contribution in [0.4, 0.5) is 10.1 Å². The van der Waals surface area contributed by atoms with Gasteiger partial charge in [0.2, 0.25) is 11.8 Å². The van der Waals surface area contributed by atoms with Crippen LogP contribution < -0.4 is 9.62 Å². The summed E-state index contributed by atoms with van der Waals surface area (Å²) in [6, 6.07) is 26.8. The molecule has 2 amide bonds. The SMILES string of the molecule is Cc1cccc(N(CC(=O)N(Cc2ccc(F)cc2)C(Cc2ccccc2)C(=O)NC2CCCC2)S(=O)(=O)c2ccc(Cl)cc2)c1. The third-order valence-corrected chi connectivity index (χ3v) is 10.2. The Balaban J connectivity index is 1.56. The highest BCUT2D eigenvalue weighted by Gasteiger charge is 2.35. The number of hydrogen-bond acceptors (Lipinski definition) is 4. The first-order valence-electron chi connectivity index (χ1n) is 15.3. The van der Waals surface area contributed by atoms with Crippen molar-refractivity contribution in [3.8, 4) is 0 Å². The van der Waals surface area contributed by atoms with Crippen molar-refractivity contribution in [1.29, 1.82) is 0 Å². The Morgan fingerprint density at radius 2 is 1.57 bits per heavy atom. The Morgan fingerprint density at radius 1 is 0.891 bits per heavy atom. The van der Waals surface area contributed by atoms with E-state index in [1.807, 2.05) is 43.3 Å². The molecule has 0 saturated heterocycles. The normalized spacial score (nSPS) is 14.1. The molecule has 1 fully saturated rings. The highest BCUT2D eigenvalue weighted by molar-refractivity contribution is 7.92. The maximum Gasteiger partial charge on any atom is 0.264 e. The lowest BCUT2D eigenvalue weighted by molar-refractivity contribution is -0.140. The molecule has 7 nitrogen and oxygen atoms in total. The van der Waals surface area contributed by atoms with Gasteiger partial charge in [-0.2, -0.15) is 0 Å². The predicted octanol–water partition coefficient (Wildman–Crippen LogP) is 6.68. The molecule has 240 valence electrons. The first-order valence-corrected chi connectivity index (χ1v) is 17.1. The van der Waals surface area contributed by atoms with E-state index in [2.05, 4.69) is 5.32 Å². The van der Waals surface area contributed by atoms with Crippen molar-refractivity contribution in [3.63, 3.8) is 0 Å². The molecule has 0 radical (unpaired) electrons. The third kappa shape index (κ3) is 8.33. The molecule has 10 heteroatoms. The van der Waals surface area contributed by atoms with Crippen molar-refractivity contribution in [2.24, 2.45) is 0 Å². The first kappa shape index (κ1) is 33.2. The van der Waals surface area contributed by atoms with E-state index in [4.69, 9.17) is 11.6 Å². The van der Waals surface area contributed by atoms with Gasteiger partial charge >= 0.3 is 0 Å². The molecule has 0 aliphatic heterocycles. The van der Waals surface area contributed by atoms with E-state index in [-0.39, 0.29) is 29.8 Å². The van der Waals surface area contributed by atoms with Crippen molar-refractivity contribution in [2.75, 3.05) is 10.8 Å². The number of rotatable bonds is 12. The molecule has 1 aliphatic rings. The number of anilines is 1. The van der Waals surface area contributed by atoms with E-state index in [1.54, 1.807) is 30.3 Å². The Bertz CT molecular complexity index is 1750. The summed E-state index contributed by atoms with van der Waals surface area (Å²) in [5.41, 5.74) is 2.56. The molecular weight excluding hydrogens is 625 g/mol. The molecule has 1 N–H and O–H groups in total. The van der Waals surface area contributed by atoms with Gasteiger partial charge in [0.1, 0.15) is 18.4 Å². The van der Waals surface area contributed by atoms with Crippen LogP contribution in [0.25, 0.3) is 0 Å². The Kier molecular flexibility index (Phi) is 10.8. The van der Waals surface area contributed by atoms with Gasteiger partial charge in [-0.3, -0.25) is 13.9 Å². The molecule has 0 heterocycles. The van der Waals surface area contributed by atoms with Gasteiger partial charge in [0.05, 0.1) is 10.6 Å².